The van der Waals surface area contributed by atoms with Crippen molar-refractivity contribution in [2.75, 3.05) is 33.7 Å². The predicted octanol–water partition coefficient (Wildman–Crippen LogP) is 1.30. The van der Waals surface area contributed by atoms with Crippen molar-refractivity contribution in [2.24, 2.45) is 0 Å². The molecule has 0 saturated carbocycles. The van der Waals surface area contributed by atoms with Crippen LogP contribution >= 0.6 is 11.3 Å². The van der Waals surface area contributed by atoms with E-state index in [1.165, 1.54) is 4.88 Å². The summed E-state index contributed by atoms with van der Waals surface area (Å²) in [5.74, 6) is 0. The molecule has 1 aromatic rings. The van der Waals surface area contributed by atoms with Gasteiger partial charge in [0.1, 0.15) is 0 Å². The Labute approximate surface area is 120 Å². The van der Waals surface area contributed by atoms with Crippen LogP contribution < -0.4 is 0 Å². The summed E-state index contributed by atoms with van der Waals surface area (Å²) in [4.78, 5) is 10.5. The van der Waals surface area contributed by atoms with Gasteiger partial charge in [-0.25, -0.2) is 4.98 Å². The van der Waals surface area contributed by atoms with Crippen LogP contribution in [0.25, 0.3) is 0 Å². The van der Waals surface area contributed by atoms with Crippen LogP contribution in [0.2, 0.25) is 0 Å². The van der Waals surface area contributed by atoms with Crippen molar-refractivity contribution in [3.8, 4) is 0 Å². The van der Waals surface area contributed by atoms with Gasteiger partial charge in [0.2, 0.25) is 0 Å². The molecule has 0 radical (unpaired) electrons. The van der Waals surface area contributed by atoms with Gasteiger partial charge in [0.05, 0.1) is 16.8 Å². The number of rotatable bonds is 4. The average Bonchev–Trinajstić information content (AvgIpc) is 2.63. The molecule has 1 N–H and O–H groups in total. The minimum Gasteiger partial charge on any atom is -0.393 e. The molecular weight excluding hydrogens is 258 g/mol. The molecule has 0 spiro atoms. The molecule has 2 unspecified atom stereocenters. The summed E-state index contributed by atoms with van der Waals surface area (Å²) >= 11 is 1.71. The molecule has 19 heavy (non-hydrogen) atoms. The number of aryl methyl sites for hydroxylation is 2. The Kier molecular flexibility index (Phi) is 4.95. The normalized spacial score (nSPS) is 23.7. The van der Waals surface area contributed by atoms with Gasteiger partial charge in [-0.15, -0.1) is 11.3 Å². The summed E-state index contributed by atoms with van der Waals surface area (Å²) < 4.78 is 0. The first-order valence-corrected chi connectivity index (χ1v) is 7.77. The van der Waals surface area contributed by atoms with E-state index in [-0.39, 0.29) is 6.10 Å². The van der Waals surface area contributed by atoms with Crippen molar-refractivity contribution >= 4 is 11.3 Å². The van der Waals surface area contributed by atoms with Gasteiger partial charge in [0, 0.05) is 37.0 Å². The van der Waals surface area contributed by atoms with Crippen LogP contribution in [0.5, 0.6) is 0 Å². The number of aliphatic hydroxyl groups is 1. The highest BCUT2D eigenvalue weighted by atomic mass is 32.1. The third kappa shape index (κ3) is 3.99. The fourth-order valence-corrected chi connectivity index (χ4v) is 3.59. The average molecular weight is 283 g/mol. The molecule has 1 saturated heterocycles. The van der Waals surface area contributed by atoms with E-state index in [1.54, 1.807) is 11.3 Å². The second kappa shape index (κ2) is 6.31. The van der Waals surface area contributed by atoms with E-state index in [0.717, 1.165) is 36.8 Å². The Bertz CT molecular complexity index is 401. The minimum atomic E-state index is -0.288. The van der Waals surface area contributed by atoms with Gasteiger partial charge in [-0.2, -0.15) is 0 Å². The van der Waals surface area contributed by atoms with E-state index in [2.05, 4.69) is 35.8 Å². The van der Waals surface area contributed by atoms with Crippen molar-refractivity contribution in [3.05, 3.63) is 15.6 Å². The smallest absolute Gasteiger partial charge is 0.0956 e. The van der Waals surface area contributed by atoms with Crippen molar-refractivity contribution in [1.82, 2.24) is 14.8 Å². The fraction of sp³-hybridized carbons (Fsp3) is 0.786. The van der Waals surface area contributed by atoms with Crippen LogP contribution in [-0.4, -0.2) is 65.8 Å². The lowest BCUT2D eigenvalue weighted by Gasteiger charge is -2.38. The lowest BCUT2D eigenvalue weighted by atomic mass is 10.0. The maximum atomic E-state index is 10.3. The number of thiazole rings is 1. The van der Waals surface area contributed by atoms with Crippen LogP contribution in [0.1, 0.15) is 22.0 Å². The maximum absolute atomic E-state index is 10.3. The first-order valence-electron chi connectivity index (χ1n) is 6.95. The summed E-state index contributed by atoms with van der Waals surface area (Å²) in [5.41, 5.74) is 1.10. The molecule has 2 heterocycles. The zero-order valence-corrected chi connectivity index (χ0v) is 13.2. The first-order chi connectivity index (χ1) is 8.95. The van der Waals surface area contributed by atoms with Gasteiger partial charge in [0.25, 0.3) is 0 Å². The molecule has 2 atom stereocenters. The zero-order valence-electron chi connectivity index (χ0n) is 12.4. The molecule has 0 amide bonds. The Morgan fingerprint density at radius 2 is 2.11 bits per heavy atom. The molecular formula is C14H25N3OS. The number of nitrogens with zero attached hydrogens (tertiary/aromatic N) is 3. The van der Waals surface area contributed by atoms with E-state index in [1.807, 2.05) is 6.92 Å². The van der Waals surface area contributed by atoms with Gasteiger partial charge >= 0.3 is 0 Å². The highest BCUT2D eigenvalue weighted by Gasteiger charge is 2.25. The van der Waals surface area contributed by atoms with Crippen LogP contribution in [0, 0.1) is 13.8 Å². The standard InChI is InChI=1S/C14H25N3OS/c1-10-11(2)19-14(15-10)8-13(18)7-12-9-16(3)5-6-17(12)4/h12-13,18H,5-9H2,1-4H3. The third-order valence-corrected chi connectivity index (χ3v) is 5.10. The Morgan fingerprint density at radius 1 is 1.37 bits per heavy atom. The van der Waals surface area contributed by atoms with Gasteiger partial charge in [-0.05, 0) is 34.4 Å². The molecule has 1 aliphatic rings. The van der Waals surface area contributed by atoms with E-state index < -0.39 is 0 Å². The first kappa shape index (κ1) is 14.9. The number of piperazine rings is 1. The zero-order chi connectivity index (χ0) is 14.0. The van der Waals surface area contributed by atoms with Crippen molar-refractivity contribution in [3.63, 3.8) is 0 Å². The quantitative estimate of drug-likeness (QED) is 0.904. The molecule has 1 fully saturated rings. The Hall–Kier alpha value is -0.490. The van der Waals surface area contributed by atoms with Gasteiger partial charge in [0.15, 0.2) is 0 Å². The molecule has 0 bridgehead atoms. The second-order valence-corrected chi connectivity index (χ2v) is 7.03. The number of aliphatic hydroxyl groups excluding tert-OH is 1. The van der Waals surface area contributed by atoms with Gasteiger partial charge in [-0.3, -0.25) is 0 Å². The van der Waals surface area contributed by atoms with Crippen LogP contribution in [0.4, 0.5) is 0 Å². The van der Waals surface area contributed by atoms with E-state index in [4.69, 9.17) is 0 Å². The van der Waals surface area contributed by atoms with Crippen LogP contribution in [-0.2, 0) is 6.42 Å². The predicted molar refractivity (Wildman–Crippen MR) is 79.8 cm³/mol. The highest BCUT2D eigenvalue weighted by Crippen LogP contribution is 2.20. The van der Waals surface area contributed by atoms with Crippen LogP contribution in [0.3, 0.4) is 0 Å². The lowest BCUT2D eigenvalue weighted by Crippen LogP contribution is -2.51. The largest absolute Gasteiger partial charge is 0.393 e. The SMILES string of the molecule is Cc1nc(CC(O)CC2CN(C)CCN2C)sc1C. The number of hydrogen-bond donors (Lipinski definition) is 1. The summed E-state index contributed by atoms with van der Waals surface area (Å²) in [7, 11) is 4.31. The van der Waals surface area contributed by atoms with E-state index >= 15 is 0 Å². The molecule has 1 aliphatic heterocycles. The summed E-state index contributed by atoms with van der Waals surface area (Å²) in [6.45, 7) is 7.37. The van der Waals surface area contributed by atoms with E-state index in [9.17, 15) is 5.11 Å². The molecule has 4 nitrogen and oxygen atoms in total. The van der Waals surface area contributed by atoms with Gasteiger partial charge in [-0.1, -0.05) is 0 Å². The summed E-state index contributed by atoms with van der Waals surface area (Å²) in [6, 6.07) is 0.455. The molecule has 0 aliphatic carbocycles. The van der Waals surface area contributed by atoms with Crippen molar-refractivity contribution < 1.29 is 5.11 Å². The van der Waals surface area contributed by atoms with Crippen molar-refractivity contribution in [1.29, 1.82) is 0 Å². The molecule has 2 rings (SSSR count). The number of aromatic nitrogens is 1. The highest BCUT2D eigenvalue weighted by molar-refractivity contribution is 7.11. The van der Waals surface area contributed by atoms with E-state index in [0.29, 0.717) is 12.5 Å². The molecule has 108 valence electrons. The Morgan fingerprint density at radius 3 is 2.74 bits per heavy atom. The molecule has 5 heteroatoms. The van der Waals surface area contributed by atoms with Gasteiger partial charge < -0.3 is 14.9 Å². The summed E-state index contributed by atoms with van der Waals surface area (Å²) in [5, 5.41) is 11.3. The fourth-order valence-electron chi connectivity index (χ4n) is 2.58. The van der Waals surface area contributed by atoms with Crippen LogP contribution in [0.15, 0.2) is 0 Å². The number of likely N-dealkylation sites (N-methyl/N-ethyl adjacent to an activating group) is 2. The molecule has 1 aromatic heterocycles. The van der Waals surface area contributed by atoms with Crippen molar-refractivity contribution in [2.45, 2.75) is 38.8 Å². The molecule has 0 aromatic carbocycles. The third-order valence-electron chi connectivity index (χ3n) is 4.01. The second-order valence-electron chi connectivity index (χ2n) is 5.74. The Balaban J connectivity index is 1.88. The maximum Gasteiger partial charge on any atom is 0.0956 e. The minimum absolute atomic E-state index is 0.288. The topological polar surface area (TPSA) is 39.6 Å². The summed E-state index contributed by atoms with van der Waals surface area (Å²) in [6.07, 6.45) is 1.23. The monoisotopic (exact) mass is 283 g/mol. The number of hydrogen-bond acceptors (Lipinski definition) is 5. The lowest BCUT2D eigenvalue weighted by molar-refractivity contribution is 0.0638.